The summed E-state index contributed by atoms with van der Waals surface area (Å²) in [6.45, 7) is 0.397. The van der Waals surface area contributed by atoms with Crippen LogP contribution in [0.25, 0.3) is 6.08 Å². The number of halogens is 1. The molecule has 0 bridgehead atoms. The highest BCUT2D eigenvalue weighted by atomic mass is 35.5. The summed E-state index contributed by atoms with van der Waals surface area (Å²) in [5, 5.41) is 3.75. The van der Waals surface area contributed by atoms with Crippen molar-refractivity contribution in [2.75, 3.05) is 4.90 Å². The van der Waals surface area contributed by atoms with E-state index >= 15 is 0 Å². The standard InChI is InChI=1S/C28H25ClN2O3/c29-22-15-11-20(12-16-22)18-31-24-7-3-4-8-25(24)34-26(28(31)33)17-19-9-13-21(14-10-19)27(32)30-23-5-1-2-6-23/h3-4,7-17,23H,1-2,5-6,18H2,(H,30,32)/b26-17-. The number of rotatable bonds is 5. The van der Waals surface area contributed by atoms with Crippen LogP contribution in [0.2, 0.25) is 5.02 Å². The zero-order chi connectivity index (χ0) is 23.5. The number of amides is 2. The van der Waals surface area contributed by atoms with Crippen LogP contribution in [0.5, 0.6) is 5.75 Å². The van der Waals surface area contributed by atoms with E-state index in [4.69, 9.17) is 16.3 Å². The number of nitrogens with one attached hydrogen (secondary N) is 1. The van der Waals surface area contributed by atoms with Gasteiger partial charge in [0.15, 0.2) is 11.5 Å². The Morgan fingerprint density at radius 3 is 2.44 bits per heavy atom. The fraction of sp³-hybridized carbons (Fsp3) is 0.214. The molecular weight excluding hydrogens is 448 g/mol. The highest BCUT2D eigenvalue weighted by molar-refractivity contribution is 6.30. The minimum absolute atomic E-state index is 0.0563. The van der Waals surface area contributed by atoms with E-state index in [2.05, 4.69) is 5.32 Å². The van der Waals surface area contributed by atoms with Crippen LogP contribution >= 0.6 is 11.6 Å². The van der Waals surface area contributed by atoms with E-state index in [-0.39, 0.29) is 23.6 Å². The summed E-state index contributed by atoms with van der Waals surface area (Å²) in [6.07, 6.45) is 6.14. The maximum atomic E-state index is 13.4. The van der Waals surface area contributed by atoms with Gasteiger partial charge in [0.1, 0.15) is 0 Å². The SMILES string of the molecule is O=C(NC1CCCC1)c1ccc(/C=C2\Oc3ccccc3N(Cc3ccc(Cl)cc3)C2=O)cc1. The predicted octanol–water partition coefficient (Wildman–Crippen LogP) is 5.98. The Labute approximate surface area is 204 Å². The number of ether oxygens (including phenoxy) is 1. The summed E-state index contributed by atoms with van der Waals surface area (Å²) in [5.74, 6) is 0.571. The first-order valence-corrected chi connectivity index (χ1v) is 11.9. The molecule has 34 heavy (non-hydrogen) atoms. The van der Waals surface area contributed by atoms with Crippen LogP contribution in [0.3, 0.4) is 0 Å². The molecule has 0 unspecified atom stereocenters. The molecule has 2 aliphatic rings. The molecule has 0 radical (unpaired) electrons. The molecular formula is C28H25ClN2O3. The van der Waals surface area contributed by atoms with E-state index < -0.39 is 0 Å². The van der Waals surface area contributed by atoms with Gasteiger partial charge in [-0.15, -0.1) is 0 Å². The van der Waals surface area contributed by atoms with Gasteiger partial charge in [0.05, 0.1) is 12.2 Å². The fourth-order valence-electron chi connectivity index (χ4n) is 4.41. The first-order valence-electron chi connectivity index (χ1n) is 11.5. The number of carbonyl (C=O) groups is 2. The zero-order valence-electron chi connectivity index (χ0n) is 18.7. The molecule has 5 rings (SSSR count). The van der Waals surface area contributed by atoms with Gasteiger partial charge < -0.3 is 10.1 Å². The quantitative estimate of drug-likeness (QED) is 0.465. The second kappa shape index (κ2) is 9.74. The lowest BCUT2D eigenvalue weighted by Gasteiger charge is -2.30. The Hall–Kier alpha value is -3.57. The maximum Gasteiger partial charge on any atom is 0.294 e. The molecule has 1 aliphatic carbocycles. The van der Waals surface area contributed by atoms with Crippen molar-refractivity contribution in [1.82, 2.24) is 5.32 Å². The molecule has 2 amide bonds. The summed E-state index contributed by atoms with van der Waals surface area (Å²) in [6, 6.07) is 22.4. The molecule has 0 saturated heterocycles. The van der Waals surface area contributed by atoms with Gasteiger partial charge in [-0.2, -0.15) is 0 Å². The third kappa shape index (κ3) is 4.85. The Morgan fingerprint density at radius 2 is 1.71 bits per heavy atom. The lowest BCUT2D eigenvalue weighted by Crippen LogP contribution is -2.36. The highest BCUT2D eigenvalue weighted by Gasteiger charge is 2.30. The predicted molar refractivity (Wildman–Crippen MR) is 134 cm³/mol. The van der Waals surface area contributed by atoms with Gasteiger partial charge in [-0.3, -0.25) is 14.5 Å². The minimum atomic E-state index is -0.225. The van der Waals surface area contributed by atoms with Gasteiger partial charge in [0.2, 0.25) is 0 Å². The van der Waals surface area contributed by atoms with Gasteiger partial charge in [-0.25, -0.2) is 0 Å². The number of nitrogens with zero attached hydrogens (tertiary/aromatic N) is 1. The third-order valence-corrected chi connectivity index (χ3v) is 6.50. The summed E-state index contributed by atoms with van der Waals surface area (Å²) < 4.78 is 5.97. The number of benzene rings is 3. The van der Waals surface area contributed by atoms with E-state index in [9.17, 15) is 9.59 Å². The number of hydrogen-bond donors (Lipinski definition) is 1. The van der Waals surface area contributed by atoms with E-state index in [0.717, 1.165) is 29.7 Å². The Balaban J connectivity index is 1.37. The van der Waals surface area contributed by atoms with Crippen molar-refractivity contribution in [3.8, 4) is 5.75 Å². The Bertz CT molecular complexity index is 1230. The van der Waals surface area contributed by atoms with Crippen molar-refractivity contribution in [1.29, 1.82) is 0 Å². The molecule has 0 spiro atoms. The molecule has 3 aromatic rings. The van der Waals surface area contributed by atoms with Crippen molar-refractivity contribution < 1.29 is 14.3 Å². The monoisotopic (exact) mass is 472 g/mol. The van der Waals surface area contributed by atoms with E-state index in [1.54, 1.807) is 23.1 Å². The second-order valence-corrected chi connectivity index (χ2v) is 9.11. The lowest BCUT2D eigenvalue weighted by atomic mass is 10.1. The molecule has 6 heteroatoms. The van der Waals surface area contributed by atoms with Crippen molar-refractivity contribution in [2.45, 2.75) is 38.3 Å². The van der Waals surface area contributed by atoms with Crippen LogP contribution in [0.15, 0.2) is 78.6 Å². The van der Waals surface area contributed by atoms with Gasteiger partial charge >= 0.3 is 0 Å². The van der Waals surface area contributed by atoms with Crippen LogP contribution < -0.4 is 15.0 Å². The van der Waals surface area contributed by atoms with E-state index in [0.29, 0.717) is 22.9 Å². The highest BCUT2D eigenvalue weighted by Crippen LogP contribution is 2.36. The van der Waals surface area contributed by atoms with Gasteiger partial charge in [-0.05, 0) is 66.4 Å². The molecule has 5 nitrogen and oxygen atoms in total. The average molecular weight is 473 g/mol. The average Bonchev–Trinajstić information content (AvgIpc) is 3.36. The largest absolute Gasteiger partial charge is 0.449 e. The molecule has 1 saturated carbocycles. The molecule has 172 valence electrons. The molecule has 1 N–H and O–H groups in total. The smallest absolute Gasteiger partial charge is 0.294 e. The summed E-state index contributed by atoms with van der Waals surface area (Å²) in [4.78, 5) is 27.6. The molecule has 3 aromatic carbocycles. The number of anilines is 1. The van der Waals surface area contributed by atoms with Crippen LogP contribution in [-0.4, -0.2) is 17.9 Å². The zero-order valence-corrected chi connectivity index (χ0v) is 19.4. The molecule has 1 fully saturated rings. The summed E-state index contributed by atoms with van der Waals surface area (Å²) in [5.41, 5.74) is 3.08. The van der Waals surface area contributed by atoms with Crippen LogP contribution in [0.1, 0.15) is 47.2 Å². The topological polar surface area (TPSA) is 58.6 Å². The molecule has 1 aliphatic heterocycles. The first kappa shape index (κ1) is 22.2. The number of carbonyl (C=O) groups excluding carboxylic acids is 2. The Morgan fingerprint density at radius 1 is 1.00 bits per heavy atom. The molecule has 0 aromatic heterocycles. The van der Waals surface area contributed by atoms with E-state index in [1.807, 2.05) is 60.7 Å². The third-order valence-electron chi connectivity index (χ3n) is 6.25. The molecule has 1 heterocycles. The van der Waals surface area contributed by atoms with Crippen molar-refractivity contribution in [2.24, 2.45) is 0 Å². The fourth-order valence-corrected chi connectivity index (χ4v) is 4.54. The Kier molecular flexibility index (Phi) is 6.37. The normalized spacial score (nSPS) is 16.9. The number of fused-ring (bicyclic) bond motifs is 1. The van der Waals surface area contributed by atoms with E-state index in [1.165, 1.54) is 12.8 Å². The van der Waals surface area contributed by atoms with Crippen molar-refractivity contribution in [3.05, 3.63) is 100 Å². The van der Waals surface area contributed by atoms with Gasteiger partial charge in [0, 0.05) is 16.6 Å². The van der Waals surface area contributed by atoms with Crippen molar-refractivity contribution in [3.63, 3.8) is 0 Å². The first-order chi connectivity index (χ1) is 16.6. The number of para-hydroxylation sites is 2. The lowest BCUT2D eigenvalue weighted by molar-refractivity contribution is -0.117. The van der Waals surface area contributed by atoms with Crippen LogP contribution in [0, 0.1) is 0 Å². The summed E-state index contributed by atoms with van der Waals surface area (Å²) in [7, 11) is 0. The second-order valence-electron chi connectivity index (χ2n) is 8.67. The number of hydrogen-bond acceptors (Lipinski definition) is 3. The van der Waals surface area contributed by atoms with Crippen LogP contribution in [-0.2, 0) is 11.3 Å². The van der Waals surface area contributed by atoms with Gasteiger partial charge in [-0.1, -0.05) is 60.8 Å². The molecule has 0 atom stereocenters. The van der Waals surface area contributed by atoms with Crippen LogP contribution in [0.4, 0.5) is 5.69 Å². The maximum absolute atomic E-state index is 13.4. The van der Waals surface area contributed by atoms with Crippen molar-refractivity contribution >= 4 is 35.2 Å². The van der Waals surface area contributed by atoms with Gasteiger partial charge in [0.25, 0.3) is 11.8 Å². The summed E-state index contributed by atoms with van der Waals surface area (Å²) >= 11 is 6.02. The minimum Gasteiger partial charge on any atom is -0.449 e.